The van der Waals surface area contributed by atoms with Gasteiger partial charge in [-0.15, -0.1) is 0 Å². The summed E-state index contributed by atoms with van der Waals surface area (Å²) < 4.78 is 5.39. The predicted octanol–water partition coefficient (Wildman–Crippen LogP) is 1.97. The van der Waals surface area contributed by atoms with Crippen LogP contribution in [0.25, 0.3) is 0 Å². The molecule has 3 N–H and O–H groups in total. The van der Waals surface area contributed by atoms with Gasteiger partial charge in [-0.3, -0.25) is 0 Å². The van der Waals surface area contributed by atoms with Crippen LogP contribution in [-0.4, -0.2) is 24.3 Å². The Balaban J connectivity index is 3.07. The first kappa shape index (κ1) is 13.2. The van der Waals surface area contributed by atoms with Crippen LogP contribution in [0, 0.1) is 5.92 Å². The van der Waals surface area contributed by atoms with Gasteiger partial charge in [0.15, 0.2) is 0 Å². The summed E-state index contributed by atoms with van der Waals surface area (Å²) in [4.78, 5) is 0. The van der Waals surface area contributed by atoms with E-state index in [4.69, 9.17) is 15.7 Å². The van der Waals surface area contributed by atoms with Gasteiger partial charge in [0.2, 0.25) is 0 Å². The largest absolute Gasteiger partial charge is 0.409 e. The molecule has 0 fully saturated rings. The van der Waals surface area contributed by atoms with Crippen molar-refractivity contribution in [3.05, 3.63) is 0 Å². The Kier molecular flexibility index (Phi) is 8.33. The summed E-state index contributed by atoms with van der Waals surface area (Å²) in [5.74, 6) is 1.02. The van der Waals surface area contributed by atoms with Gasteiger partial charge >= 0.3 is 0 Å². The summed E-state index contributed by atoms with van der Waals surface area (Å²) in [6.07, 6.45) is 3.74. The Morgan fingerprint density at radius 2 is 2.00 bits per heavy atom. The Labute approximate surface area is 86.1 Å². The van der Waals surface area contributed by atoms with Crippen molar-refractivity contribution in [3.63, 3.8) is 0 Å². The van der Waals surface area contributed by atoms with Crippen molar-refractivity contribution in [1.29, 1.82) is 0 Å². The molecule has 0 rings (SSSR count). The number of oxime groups is 1. The van der Waals surface area contributed by atoms with Crippen molar-refractivity contribution < 1.29 is 9.94 Å². The number of nitrogens with two attached hydrogens (primary N) is 1. The molecule has 0 saturated heterocycles. The molecule has 4 nitrogen and oxygen atoms in total. The molecule has 84 valence electrons. The quantitative estimate of drug-likeness (QED) is 0.208. The Bertz CT molecular complexity index is 158. The average Bonchev–Trinajstić information content (AvgIpc) is 2.15. The number of amidine groups is 1. The lowest BCUT2D eigenvalue weighted by Crippen LogP contribution is -2.12. The molecule has 0 radical (unpaired) electrons. The summed E-state index contributed by atoms with van der Waals surface area (Å²) in [7, 11) is 0. The van der Waals surface area contributed by atoms with E-state index in [9.17, 15) is 0 Å². The second kappa shape index (κ2) is 8.81. The van der Waals surface area contributed by atoms with Gasteiger partial charge in [-0.1, -0.05) is 19.0 Å². The fourth-order valence-corrected chi connectivity index (χ4v) is 1.10. The molecule has 0 aliphatic heterocycles. The lowest BCUT2D eigenvalue weighted by Gasteiger charge is -2.05. The zero-order chi connectivity index (χ0) is 10.8. The van der Waals surface area contributed by atoms with Crippen LogP contribution in [0.1, 0.15) is 39.5 Å². The lowest BCUT2D eigenvalue weighted by molar-refractivity contribution is 0.126. The summed E-state index contributed by atoms with van der Waals surface area (Å²) in [6.45, 7) is 5.92. The van der Waals surface area contributed by atoms with Gasteiger partial charge in [0.1, 0.15) is 5.84 Å². The highest BCUT2D eigenvalue weighted by Gasteiger charge is 1.95. The highest BCUT2D eigenvalue weighted by molar-refractivity contribution is 5.79. The molecule has 0 spiro atoms. The monoisotopic (exact) mass is 202 g/mol. The fourth-order valence-electron chi connectivity index (χ4n) is 1.10. The molecule has 0 heterocycles. The van der Waals surface area contributed by atoms with E-state index < -0.39 is 0 Å². The predicted molar refractivity (Wildman–Crippen MR) is 57.5 cm³/mol. The van der Waals surface area contributed by atoms with E-state index in [2.05, 4.69) is 19.0 Å². The molecule has 0 saturated carbocycles. The molecule has 0 aromatic rings. The smallest absolute Gasteiger partial charge is 0.139 e. The molecule has 0 aromatic heterocycles. The normalized spacial score (nSPS) is 12.4. The van der Waals surface area contributed by atoms with Crippen LogP contribution in [-0.2, 0) is 4.74 Å². The van der Waals surface area contributed by atoms with Gasteiger partial charge < -0.3 is 15.7 Å². The fraction of sp³-hybridized carbons (Fsp3) is 0.900. The van der Waals surface area contributed by atoms with Crippen LogP contribution < -0.4 is 5.73 Å². The van der Waals surface area contributed by atoms with Crippen molar-refractivity contribution >= 4 is 5.84 Å². The Morgan fingerprint density at radius 3 is 2.57 bits per heavy atom. The SMILES string of the molecule is CC(C)CCCOCCC/C(N)=N/O. The molecule has 4 heteroatoms. The van der Waals surface area contributed by atoms with Crippen LogP contribution in [0.2, 0.25) is 0 Å². The van der Waals surface area contributed by atoms with Gasteiger partial charge in [-0.25, -0.2) is 0 Å². The Hall–Kier alpha value is -0.770. The highest BCUT2D eigenvalue weighted by atomic mass is 16.5. The van der Waals surface area contributed by atoms with E-state index >= 15 is 0 Å². The Morgan fingerprint density at radius 1 is 1.36 bits per heavy atom. The number of ether oxygens (including phenoxy) is 1. The molecular formula is C10H22N2O2. The minimum atomic E-state index is 0.274. The third kappa shape index (κ3) is 9.32. The van der Waals surface area contributed by atoms with E-state index in [0.717, 1.165) is 25.4 Å². The molecule has 0 aromatic carbocycles. The average molecular weight is 202 g/mol. The van der Waals surface area contributed by atoms with Crippen molar-refractivity contribution in [2.45, 2.75) is 39.5 Å². The second-order valence-electron chi connectivity index (χ2n) is 3.84. The number of nitrogens with zero attached hydrogens (tertiary/aromatic N) is 1. The van der Waals surface area contributed by atoms with Crippen molar-refractivity contribution in [2.24, 2.45) is 16.8 Å². The maximum absolute atomic E-state index is 8.26. The van der Waals surface area contributed by atoms with Crippen LogP contribution in [0.5, 0.6) is 0 Å². The van der Waals surface area contributed by atoms with E-state index in [1.54, 1.807) is 0 Å². The van der Waals surface area contributed by atoms with E-state index in [-0.39, 0.29) is 5.84 Å². The minimum Gasteiger partial charge on any atom is -0.409 e. The van der Waals surface area contributed by atoms with Gasteiger partial charge in [0.25, 0.3) is 0 Å². The van der Waals surface area contributed by atoms with Crippen LogP contribution in [0.4, 0.5) is 0 Å². The molecule has 0 amide bonds. The number of hydrogen-bond donors (Lipinski definition) is 2. The molecular weight excluding hydrogens is 180 g/mol. The first-order chi connectivity index (χ1) is 6.66. The van der Waals surface area contributed by atoms with E-state index in [1.807, 2.05) is 0 Å². The van der Waals surface area contributed by atoms with Gasteiger partial charge in [0.05, 0.1) is 0 Å². The summed E-state index contributed by atoms with van der Waals surface area (Å²) >= 11 is 0. The van der Waals surface area contributed by atoms with Crippen LogP contribution in [0.3, 0.4) is 0 Å². The maximum atomic E-state index is 8.26. The van der Waals surface area contributed by atoms with Crippen molar-refractivity contribution in [1.82, 2.24) is 0 Å². The topological polar surface area (TPSA) is 67.8 Å². The summed E-state index contributed by atoms with van der Waals surface area (Å²) in [6, 6.07) is 0. The summed E-state index contributed by atoms with van der Waals surface area (Å²) in [5, 5.41) is 11.1. The first-order valence-corrected chi connectivity index (χ1v) is 5.21. The third-order valence-electron chi connectivity index (χ3n) is 1.92. The van der Waals surface area contributed by atoms with Gasteiger partial charge in [-0.2, -0.15) is 0 Å². The van der Waals surface area contributed by atoms with Gasteiger partial charge in [-0.05, 0) is 25.2 Å². The molecule has 0 aliphatic rings. The zero-order valence-electron chi connectivity index (χ0n) is 9.20. The number of hydrogen-bond acceptors (Lipinski definition) is 3. The molecule has 14 heavy (non-hydrogen) atoms. The van der Waals surface area contributed by atoms with Crippen molar-refractivity contribution in [3.8, 4) is 0 Å². The van der Waals surface area contributed by atoms with E-state index in [1.165, 1.54) is 6.42 Å². The lowest BCUT2D eigenvalue weighted by atomic mass is 10.1. The zero-order valence-corrected chi connectivity index (χ0v) is 9.20. The highest BCUT2D eigenvalue weighted by Crippen LogP contribution is 2.03. The van der Waals surface area contributed by atoms with Gasteiger partial charge in [0, 0.05) is 19.6 Å². The number of rotatable bonds is 8. The minimum absolute atomic E-state index is 0.274. The van der Waals surface area contributed by atoms with Crippen molar-refractivity contribution in [2.75, 3.05) is 13.2 Å². The van der Waals surface area contributed by atoms with Crippen LogP contribution in [0.15, 0.2) is 5.16 Å². The van der Waals surface area contributed by atoms with E-state index in [0.29, 0.717) is 13.0 Å². The third-order valence-corrected chi connectivity index (χ3v) is 1.92. The summed E-state index contributed by atoms with van der Waals surface area (Å²) in [5.41, 5.74) is 5.30. The molecule has 0 bridgehead atoms. The second-order valence-corrected chi connectivity index (χ2v) is 3.84. The molecule has 0 atom stereocenters. The maximum Gasteiger partial charge on any atom is 0.139 e. The standard InChI is InChI=1S/C10H22N2O2/c1-9(2)5-3-7-14-8-4-6-10(11)12-13/h9,13H,3-8H2,1-2H3,(H2,11,12). The van der Waals surface area contributed by atoms with Crippen LogP contribution >= 0.6 is 0 Å². The first-order valence-electron chi connectivity index (χ1n) is 5.21. The molecule has 0 unspecified atom stereocenters. The molecule has 0 aliphatic carbocycles.